The van der Waals surface area contributed by atoms with Crippen molar-refractivity contribution in [2.75, 3.05) is 5.32 Å². The van der Waals surface area contributed by atoms with Gasteiger partial charge < -0.3 is 20.2 Å². The van der Waals surface area contributed by atoms with E-state index in [0.717, 1.165) is 11.3 Å². The van der Waals surface area contributed by atoms with Crippen LogP contribution in [0, 0.1) is 6.92 Å². The summed E-state index contributed by atoms with van der Waals surface area (Å²) in [6.45, 7) is 3.37. The molecule has 2 heterocycles. The highest BCUT2D eigenvalue weighted by Crippen LogP contribution is 2.27. The zero-order valence-corrected chi connectivity index (χ0v) is 13.4. The van der Waals surface area contributed by atoms with Crippen LogP contribution in [0.4, 0.5) is 5.00 Å². The molecule has 8 heteroatoms. The molecule has 0 bridgehead atoms. The number of carbonyl (C=O) groups is 3. The maximum atomic E-state index is 12.2. The number of carboxylic acids is 1. The minimum atomic E-state index is -0.980. The molecule has 122 valence electrons. The molecular formula is C15H16N2O5S. The Kier molecular flexibility index (Phi) is 5.17. The molecule has 0 aromatic carbocycles. The van der Waals surface area contributed by atoms with Crippen molar-refractivity contribution in [2.24, 2.45) is 0 Å². The molecule has 2 rings (SSSR count). The lowest BCUT2D eigenvalue weighted by Gasteiger charge is -2.10. The molecule has 0 saturated heterocycles. The third kappa shape index (κ3) is 4.43. The van der Waals surface area contributed by atoms with Crippen LogP contribution in [0.2, 0.25) is 0 Å². The molecule has 3 N–H and O–H groups in total. The molecule has 1 unspecified atom stereocenters. The maximum Gasteiger partial charge on any atom is 0.305 e. The molecule has 2 amide bonds. The molecule has 0 saturated carbocycles. The lowest BCUT2D eigenvalue weighted by molar-refractivity contribution is -0.137. The van der Waals surface area contributed by atoms with Crippen molar-refractivity contribution in [3.8, 4) is 0 Å². The van der Waals surface area contributed by atoms with E-state index in [1.807, 2.05) is 0 Å². The van der Waals surface area contributed by atoms with Crippen LogP contribution in [0.1, 0.15) is 39.1 Å². The second-order valence-electron chi connectivity index (χ2n) is 5.03. The van der Waals surface area contributed by atoms with Gasteiger partial charge in [0.05, 0.1) is 22.6 Å². The second kappa shape index (κ2) is 7.10. The average molecular weight is 336 g/mol. The first-order chi connectivity index (χ1) is 10.9. The van der Waals surface area contributed by atoms with E-state index in [0.29, 0.717) is 15.4 Å². The van der Waals surface area contributed by atoms with Crippen LogP contribution < -0.4 is 10.6 Å². The summed E-state index contributed by atoms with van der Waals surface area (Å²) in [7, 11) is 0. The van der Waals surface area contributed by atoms with Crippen molar-refractivity contribution in [1.82, 2.24) is 5.32 Å². The molecule has 7 nitrogen and oxygen atoms in total. The van der Waals surface area contributed by atoms with Gasteiger partial charge in [-0.05, 0) is 37.6 Å². The summed E-state index contributed by atoms with van der Waals surface area (Å²) < 4.78 is 5.00. The first kappa shape index (κ1) is 16.8. The molecule has 2 aromatic heterocycles. The van der Waals surface area contributed by atoms with Crippen LogP contribution in [0.3, 0.4) is 0 Å². The minimum Gasteiger partial charge on any atom is -0.481 e. The topological polar surface area (TPSA) is 109 Å². The Bertz CT molecular complexity index is 720. The van der Waals surface area contributed by atoms with Crippen molar-refractivity contribution in [2.45, 2.75) is 26.3 Å². The Labute approximate surface area is 136 Å². The third-order valence-corrected chi connectivity index (χ3v) is 4.12. The molecule has 0 aliphatic carbocycles. The van der Waals surface area contributed by atoms with Crippen LogP contribution in [-0.2, 0) is 4.79 Å². The SMILES string of the molecule is Cc1cc(NC(=O)c2ccco2)sc1C(=O)NC(C)CC(=O)O. The average Bonchev–Trinajstić information content (AvgIpc) is 3.07. The van der Waals surface area contributed by atoms with Gasteiger partial charge in [0, 0.05) is 6.04 Å². The Morgan fingerprint density at radius 2 is 2.09 bits per heavy atom. The van der Waals surface area contributed by atoms with Crippen LogP contribution in [-0.4, -0.2) is 28.9 Å². The van der Waals surface area contributed by atoms with Gasteiger partial charge in [-0.2, -0.15) is 0 Å². The normalized spacial score (nSPS) is 11.7. The Balaban J connectivity index is 2.04. The van der Waals surface area contributed by atoms with Gasteiger partial charge in [-0.25, -0.2) is 0 Å². The molecule has 0 radical (unpaired) electrons. The fourth-order valence-corrected chi connectivity index (χ4v) is 2.92. The Hall–Kier alpha value is -2.61. The van der Waals surface area contributed by atoms with Gasteiger partial charge in [-0.15, -0.1) is 11.3 Å². The van der Waals surface area contributed by atoms with Gasteiger partial charge in [0.25, 0.3) is 11.8 Å². The van der Waals surface area contributed by atoms with Crippen LogP contribution in [0.15, 0.2) is 28.9 Å². The summed E-state index contributed by atoms with van der Waals surface area (Å²) in [5, 5.41) is 14.5. The summed E-state index contributed by atoms with van der Waals surface area (Å²) in [5.74, 6) is -1.56. The molecule has 1 atom stereocenters. The number of carboxylic acid groups (broad SMARTS) is 1. The number of rotatable bonds is 6. The van der Waals surface area contributed by atoms with Gasteiger partial charge in [0.2, 0.25) is 0 Å². The number of aryl methyl sites for hydroxylation is 1. The van der Waals surface area contributed by atoms with Crippen molar-refractivity contribution in [3.63, 3.8) is 0 Å². The van der Waals surface area contributed by atoms with E-state index in [1.54, 1.807) is 26.0 Å². The van der Waals surface area contributed by atoms with E-state index < -0.39 is 17.9 Å². The van der Waals surface area contributed by atoms with Crippen molar-refractivity contribution in [1.29, 1.82) is 0 Å². The number of anilines is 1. The largest absolute Gasteiger partial charge is 0.481 e. The van der Waals surface area contributed by atoms with Crippen LogP contribution in [0.25, 0.3) is 0 Å². The quantitative estimate of drug-likeness (QED) is 0.751. The highest BCUT2D eigenvalue weighted by atomic mass is 32.1. The number of nitrogens with one attached hydrogen (secondary N) is 2. The van der Waals surface area contributed by atoms with Crippen LogP contribution >= 0.6 is 11.3 Å². The van der Waals surface area contributed by atoms with Gasteiger partial charge in [-0.1, -0.05) is 0 Å². The lowest BCUT2D eigenvalue weighted by atomic mass is 10.2. The van der Waals surface area contributed by atoms with E-state index in [1.165, 1.54) is 12.3 Å². The maximum absolute atomic E-state index is 12.2. The van der Waals surface area contributed by atoms with E-state index >= 15 is 0 Å². The molecule has 0 fully saturated rings. The number of furan rings is 1. The molecule has 0 aliphatic rings. The van der Waals surface area contributed by atoms with E-state index in [-0.39, 0.29) is 18.1 Å². The molecule has 2 aromatic rings. The number of aliphatic carboxylic acids is 1. The van der Waals surface area contributed by atoms with Gasteiger partial charge in [-0.3, -0.25) is 14.4 Å². The van der Waals surface area contributed by atoms with Crippen molar-refractivity contribution >= 4 is 34.1 Å². The van der Waals surface area contributed by atoms with E-state index in [2.05, 4.69) is 10.6 Å². The zero-order chi connectivity index (χ0) is 17.0. The van der Waals surface area contributed by atoms with E-state index in [4.69, 9.17) is 9.52 Å². The minimum absolute atomic E-state index is 0.155. The highest BCUT2D eigenvalue weighted by molar-refractivity contribution is 7.18. The first-order valence-electron chi connectivity index (χ1n) is 6.84. The Morgan fingerprint density at radius 3 is 2.70 bits per heavy atom. The molecule has 0 aliphatic heterocycles. The van der Waals surface area contributed by atoms with Crippen molar-refractivity contribution in [3.05, 3.63) is 40.7 Å². The summed E-state index contributed by atoms with van der Waals surface area (Å²) in [5.41, 5.74) is 0.699. The number of hydrogen-bond acceptors (Lipinski definition) is 5. The summed E-state index contributed by atoms with van der Waals surface area (Å²) in [6, 6.07) is 4.35. The first-order valence-corrected chi connectivity index (χ1v) is 7.66. The third-order valence-electron chi connectivity index (χ3n) is 2.96. The Morgan fingerprint density at radius 1 is 1.35 bits per heavy atom. The van der Waals surface area contributed by atoms with Gasteiger partial charge in [0.1, 0.15) is 0 Å². The smallest absolute Gasteiger partial charge is 0.305 e. The second-order valence-corrected chi connectivity index (χ2v) is 6.08. The summed E-state index contributed by atoms with van der Waals surface area (Å²) in [6.07, 6.45) is 1.25. The van der Waals surface area contributed by atoms with Gasteiger partial charge in [0.15, 0.2) is 5.76 Å². The molecule has 23 heavy (non-hydrogen) atoms. The van der Waals surface area contributed by atoms with Gasteiger partial charge >= 0.3 is 5.97 Å². The number of thiophene rings is 1. The predicted molar refractivity (Wildman–Crippen MR) is 84.9 cm³/mol. The monoisotopic (exact) mass is 336 g/mol. The molecule has 0 spiro atoms. The highest BCUT2D eigenvalue weighted by Gasteiger charge is 2.18. The lowest BCUT2D eigenvalue weighted by Crippen LogP contribution is -2.34. The predicted octanol–water partition coefficient (Wildman–Crippen LogP) is 2.49. The fourth-order valence-electron chi connectivity index (χ4n) is 1.95. The number of hydrogen-bond donors (Lipinski definition) is 3. The number of amides is 2. The van der Waals surface area contributed by atoms with Crippen molar-refractivity contribution < 1.29 is 23.9 Å². The van der Waals surface area contributed by atoms with Crippen LogP contribution in [0.5, 0.6) is 0 Å². The zero-order valence-electron chi connectivity index (χ0n) is 12.6. The summed E-state index contributed by atoms with van der Waals surface area (Å²) in [4.78, 5) is 35.1. The fraction of sp³-hybridized carbons (Fsp3) is 0.267. The number of carbonyl (C=O) groups excluding carboxylic acids is 2. The summed E-state index contributed by atoms with van der Waals surface area (Å²) >= 11 is 1.12. The standard InChI is InChI=1S/C15H16N2O5S/c1-8-6-11(17-14(20)10-4-3-5-22-10)23-13(8)15(21)16-9(2)7-12(18)19/h3-6,9H,7H2,1-2H3,(H,16,21)(H,17,20)(H,18,19). The molecular weight excluding hydrogens is 320 g/mol. The van der Waals surface area contributed by atoms with E-state index in [9.17, 15) is 14.4 Å².